The molecular weight excluding hydrogens is 193 g/mol. The molecule has 0 unspecified atom stereocenters. The van der Waals surface area contributed by atoms with Crippen molar-refractivity contribution in [2.24, 2.45) is 5.73 Å². The first-order valence-corrected chi connectivity index (χ1v) is 4.78. The summed E-state index contributed by atoms with van der Waals surface area (Å²) in [7, 11) is 0. The van der Waals surface area contributed by atoms with Crippen LogP contribution >= 0.6 is 0 Å². The van der Waals surface area contributed by atoms with E-state index in [1.807, 2.05) is 4.57 Å². The molecule has 2 rings (SSSR count). The fraction of sp³-hybridized carbons (Fsp3) is 0.182. The zero-order valence-electron chi connectivity index (χ0n) is 8.23. The second-order valence-corrected chi connectivity index (χ2v) is 3.24. The van der Waals surface area contributed by atoms with Crippen molar-refractivity contribution in [3.63, 3.8) is 0 Å². The molecule has 0 atom stereocenters. The minimum Gasteiger partial charge on any atom is -0.329 e. The van der Waals surface area contributed by atoms with Gasteiger partial charge in [-0.3, -0.25) is 0 Å². The molecule has 0 amide bonds. The Hall–Kier alpha value is -1.68. The molecule has 4 heteroatoms. The number of rotatable bonds is 3. The molecule has 15 heavy (non-hydrogen) atoms. The van der Waals surface area contributed by atoms with Crippen LogP contribution < -0.4 is 5.73 Å². The van der Waals surface area contributed by atoms with Gasteiger partial charge >= 0.3 is 0 Å². The van der Waals surface area contributed by atoms with Gasteiger partial charge in [0.25, 0.3) is 0 Å². The van der Waals surface area contributed by atoms with Crippen molar-refractivity contribution in [1.29, 1.82) is 0 Å². The van der Waals surface area contributed by atoms with Crippen LogP contribution in [0.3, 0.4) is 0 Å². The number of hydrogen-bond acceptors (Lipinski definition) is 2. The molecule has 0 fully saturated rings. The van der Waals surface area contributed by atoms with Crippen molar-refractivity contribution in [2.45, 2.75) is 6.54 Å². The van der Waals surface area contributed by atoms with Crippen molar-refractivity contribution >= 4 is 0 Å². The second-order valence-electron chi connectivity index (χ2n) is 3.24. The van der Waals surface area contributed by atoms with Crippen molar-refractivity contribution in [1.82, 2.24) is 9.55 Å². The molecule has 1 aromatic heterocycles. The number of aromatic nitrogens is 2. The van der Waals surface area contributed by atoms with E-state index in [1.54, 1.807) is 30.7 Å². The van der Waals surface area contributed by atoms with Crippen molar-refractivity contribution < 1.29 is 4.39 Å². The third-order valence-corrected chi connectivity index (χ3v) is 2.23. The third-order valence-electron chi connectivity index (χ3n) is 2.23. The Morgan fingerprint density at radius 3 is 2.87 bits per heavy atom. The first-order chi connectivity index (χ1) is 7.33. The van der Waals surface area contributed by atoms with Gasteiger partial charge in [0.05, 0.1) is 18.2 Å². The monoisotopic (exact) mass is 205 g/mol. The summed E-state index contributed by atoms with van der Waals surface area (Å²) in [6, 6.07) is 6.65. The van der Waals surface area contributed by atoms with E-state index < -0.39 is 0 Å². The summed E-state index contributed by atoms with van der Waals surface area (Å²) in [4.78, 5) is 4.00. The fourth-order valence-corrected chi connectivity index (χ4v) is 1.53. The summed E-state index contributed by atoms with van der Waals surface area (Å²) in [6.45, 7) is 1.15. The maximum absolute atomic E-state index is 13.5. The fourth-order valence-electron chi connectivity index (χ4n) is 1.53. The van der Waals surface area contributed by atoms with E-state index in [0.29, 0.717) is 18.7 Å². The van der Waals surface area contributed by atoms with E-state index in [1.165, 1.54) is 6.07 Å². The van der Waals surface area contributed by atoms with Gasteiger partial charge in [0.15, 0.2) is 0 Å². The molecule has 0 radical (unpaired) electrons. The van der Waals surface area contributed by atoms with E-state index in [2.05, 4.69) is 4.98 Å². The van der Waals surface area contributed by atoms with Crippen molar-refractivity contribution in [3.05, 3.63) is 42.6 Å². The zero-order chi connectivity index (χ0) is 10.7. The van der Waals surface area contributed by atoms with E-state index in [9.17, 15) is 4.39 Å². The number of imidazole rings is 1. The van der Waals surface area contributed by atoms with Crippen LogP contribution in [0.2, 0.25) is 0 Å². The van der Waals surface area contributed by atoms with Gasteiger partial charge in [-0.15, -0.1) is 0 Å². The molecule has 1 heterocycles. The largest absolute Gasteiger partial charge is 0.329 e. The smallest absolute Gasteiger partial charge is 0.132 e. The highest BCUT2D eigenvalue weighted by atomic mass is 19.1. The standard InChI is InChI=1S/C11H12FN3/c12-10-4-2-1-3-9(10)11-7-14-8-15(11)6-5-13/h1-4,7-8H,5-6,13H2. The minimum absolute atomic E-state index is 0.240. The molecule has 0 bridgehead atoms. The molecule has 0 aliphatic rings. The molecule has 0 saturated heterocycles. The third kappa shape index (κ3) is 1.89. The lowest BCUT2D eigenvalue weighted by molar-refractivity contribution is 0.627. The first kappa shape index (κ1) is 9.86. The van der Waals surface area contributed by atoms with Crippen LogP contribution in [0.25, 0.3) is 11.3 Å². The topological polar surface area (TPSA) is 43.8 Å². The Bertz CT molecular complexity index is 451. The molecule has 0 spiro atoms. The molecule has 0 aliphatic carbocycles. The molecule has 3 nitrogen and oxygen atoms in total. The van der Waals surface area contributed by atoms with Crippen LogP contribution in [0.4, 0.5) is 4.39 Å². The van der Waals surface area contributed by atoms with Gasteiger partial charge in [0.2, 0.25) is 0 Å². The SMILES string of the molecule is NCCn1cncc1-c1ccccc1F. The van der Waals surface area contributed by atoms with Gasteiger partial charge < -0.3 is 10.3 Å². The molecule has 1 aromatic carbocycles. The van der Waals surface area contributed by atoms with Crippen LogP contribution in [0.5, 0.6) is 0 Å². The van der Waals surface area contributed by atoms with Gasteiger partial charge in [0.1, 0.15) is 5.82 Å². The lowest BCUT2D eigenvalue weighted by Gasteiger charge is -2.06. The highest BCUT2D eigenvalue weighted by Crippen LogP contribution is 2.21. The van der Waals surface area contributed by atoms with Crippen molar-refractivity contribution in [2.75, 3.05) is 6.54 Å². The van der Waals surface area contributed by atoms with Crippen LogP contribution in [-0.4, -0.2) is 16.1 Å². The predicted molar refractivity (Wildman–Crippen MR) is 56.7 cm³/mol. The molecule has 78 valence electrons. The molecule has 2 N–H and O–H groups in total. The molecule has 0 saturated carbocycles. The van der Waals surface area contributed by atoms with Crippen LogP contribution in [-0.2, 0) is 6.54 Å². The zero-order valence-corrected chi connectivity index (χ0v) is 8.23. The van der Waals surface area contributed by atoms with E-state index in [0.717, 1.165) is 5.69 Å². The van der Waals surface area contributed by atoms with Gasteiger partial charge in [-0.05, 0) is 12.1 Å². The normalized spacial score (nSPS) is 10.5. The summed E-state index contributed by atoms with van der Waals surface area (Å²) in [6.07, 6.45) is 3.31. The van der Waals surface area contributed by atoms with Crippen molar-refractivity contribution in [3.8, 4) is 11.3 Å². The van der Waals surface area contributed by atoms with Gasteiger partial charge in [-0.1, -0.05) is 12.1 Å². The second kappa shape index (κ2) is 4.23. The maximum atomic E-state index is 13.5. The first-order valence-electron chi connectivity index (χ1n) is 4.78. The Morgan fingerprint density at radius 1 is 1.33 bits per heavy atom. The van der Waals surface area contributed by atoms with Gasteiger partial charge in [-0.25, -0.2) is 9.37 Å². The number of nitrogens with two attached hydrogens (primary N) is 1. The minimum atomic E-state index is -0.240. The average Bonchev–Trinajstić information content (AvgIpc) is 2.67. The molecule has 0 aliphatic heterocycles. The lowest BCUT2D eigenvalue weighted by atomic mass is 10.1. The number of hydrogen-bond donors (Lipinski definition) is 1. The average molecular weight is 205 g/mol. The quantitative estimate of drug-likeness (QED) is 0.828. The number of halogens is 1. The summed E-state index contributed by atoms with van der Waals surface area (Å²) in [5, 5.41) is 0. The summed E-state index contributed by atoms with van der Waals surface area (Å²) in [5.74, 6) is -0.240. The van der Waals surface area contributed by atoms with Crippen LogP contribution in [0.15, 0.2) is 36.8 Å². The molecular formula is C11H12FN3. The van der Waals surface area contributed by atoms with Gasteiger partial charge in [-0.2, -0.15) is 0 Å². The Labute approximate surface area is 87.4 Å². The summed E-state index contributed by atoms with van der Waals surface area (Å²) >= 11 is 0. The Kier molecular flexibility index (Phi) is 2.78. The lowest BCUT2D eigenvalue weighted by Crippen LogP contribution is -2.10. The highest BCUT2D eigenvalue weighted by molar-refractivity contribution is 5.59. The summed E-state index contributed by atoms with van der Waals surface area (Å²) in [5.41, 5.74) is 6.78. The Balaban J connectivity index is 2.45. The Morgan fingerprint density at radius 2 is 2.13 bits per heavy atom. The number of nitrogens with zero attached hydrogens (tertiary/aromatic N) is 2. The van der Waals surface area contributed by atoms with E-state index in [-0.39, 0.29) is 5.82 Å². The highest BCUT2D eigenvalue weighted by Gasteiger charge is 2.08. The number of benzene rings is 1. The van der Waals surface area contributed by atoms with E-state index in [4.69, 9.17) is 5.73 Å². The van der Waals surface area contributed by atoms with E-state index >= 15 is 0 Å². The maximum Gasteiger partial charge on any atom is 0.132 e. The predicted octanol–water partition coefficient (Wildman–Crippen LogP) is 1.65. The van der Waals surface area contributed by atoms with Gasteiger partial charge in [0, 0.05) is 18.7 Å². The van der Waals surface area contributed by atoms with Crippen LogP contribution in [0, 0.1) is 5.82 Å². The summed E-state index contributed by atoms with van der Waals surface area (Å²) < 4.78 is 15.3. The van der Waals surface area contributed by atoms with Crippen LogP contribution in [0.1, 0.15) is 0 Å². The molecule has 2 aromatic rings.